The van der Waals surface area contributed by atoms with Crippen LogP contribution in [0.2, 0.25) is 5.02 Å². The molecule has 0 spiro atoms. The van der Waals surface area contributed by atoms with Crippen LogP contribution in [0.4, 0.5) is 4.39 Å². The molecule has 1 heterocycles. The maximum Gasteiger partial charge on any atom is 0.124 e. The van der Waals surface area contributed by atoms with Crippen LogP contribution in [0, 0.1) is 5.82 Å². The second-order valence-electron chi connectivity index (χ2n) is 4.02. The highest BCUT2D eigenvalue weighted by Gasteiger charge is 2.19. The Bertz CT molecular complexity index is 356. The van der Waals surface area contributed by atoms with Crippen molar-refractivity contribution in [3.63, 3.8) is 0 Å². The van der Waals surface area contributed by atoms with E-state index in [2.05, 4.69) is 4.90 Å². The normalized spacial score (nSPS) is 22.2. The van der Waals surface area contributed by atoms with Crippen LogP contribution in [0.15, 0.2) is 18.2 Å². The molecule has 0 saturated carbocycles. The molecule has 82 valence electrons. The van der Waals surface area contributed by atoms with Gasteiger partial charge in [0.2, 0.25) is 0 Å². The molecule has 2 rings (SSSR count). The smallest absolute Gasteiger partial charge is 0.124 e. The lowest BCUT2D eigenvalue weighted by Crippen LogP contribution is -2.26. The molecule has 2 nitrogen and oxygen atoms in total. The van der Waals surface area contributed by atoms with Gasteiger partial charge in [0.1, 0.15) is 5.82 Å². The minimum absolute atomic E-state index is 0.268. The largest absolute Gasteiger partial charge is 0.326 e. The van der Waals surface area contributed by atoms with E-state index in [0.29, 0.717) is 5.02 Å². The molecule has 1 saturated heterocycles. The minimum atomic E-state index is -0.290. The minimum Gasteiger partial charge on any atom is -0.326 e. The summed E-state index contributed by atoms with van der Waals surface area (Å²) in [6, 6.07) is 4.80. The summed E-state index contributed by atoms with van der Waals surface area (Å²) in [6.07, 6.45) is 1.03. The van der Waals surface area contributed by atoms with Crippen molar-refractivity contribution < 1.29 is 4.39 Å². The summed E-state index contributed by atoms with van der Waals surface area (Å²) in [7, 11) is 0. The summed E-state index contributed by atoms with van der Waals surface area (Å²) < 4.78 is 12.8. The fraction of sp³-hybridized carbons (Fsp3) is 0.455. The van der Waals surface area contributed by atoms with Gasteiger partial charge in [-0.1, -0.05) is 17.7 Å². The highest BCUT2D eigenvalue weighted by atomic mass is 35.5. The molecule has 4 heteroatoms. The van der Waals surface area contributed by atoms with Gasteiger partial charge in [-0.15, -0.1) is 0 Å². The van der Waals surface area contributed by atoms with E-state index in [-0.39, 0.29) is 11.9 Å². The molecule has 0 radical (unpaired) electrons. The van der Waals surface area contributed by atoms with Gasteiger partial charge in [0, 0.05) is 30.7 Å². The van der Waals surface area contributed by atoms with Gasteiger partial charge in [-0.2, -0.15) is 0 Å². The molecule has 0 bridgehead atoms. The molecular weight excluding hydrogens is 215 g/mol. The third kappa shape index (κ3) is 2.68. The van der Waals surface area contributed by atoms with Crippen molar-refractivity contribution in [3.05, 3.63) is 34.6 Å². The first kappa shape index (κ1) is 10.9. The van der Waals surface area contributed by atoms with Crippen LogP contribution in [0.1, 0.15) is 12.0 Å². The van der Waals surface area contributed by atoms with Gasteiger partial charge in [-0.25, -0.2) is 4.39 Å². The Labute approximate surface area is 93.8 Å². The quantitative estimate of drug-likeness (QED) is 0.839. The Morgan fingerprint density at radius 3 is 2.93 bits per heavy atom. The summed E-state index contributed by atoms with van der Waals surface area (Å²) in [5.74, 6) is -0.290. The Hall–Kier alpha value is -0.640. The lowest BCUT2D eigenvalue weighted by molar-refractivity contribution is 0.327. The van der Waals surface area contributed by atoms with E-state index in [1.807, 2.05) is 0 Å². The highest BCUT2D eigenvalue weighted by molar-refractivity contribution is 6.31. The zero-order valence-corrected chi connectivity index (χ0v) is 9.17. The van der Waals surface area contributed by atoms with Gasteiger partial charge in [0.25, 0.3) is 0 Å². The monoisotopic (exact) mass is 228 g/mol. The molecule has 0 aliphatic carbocycles. The highest BCUT2D eigenvalue weighted by Crippen LogP contribution is 2.20. The van der Waals surface area contributed by atoms with Crippen molar-refractivity contribution in [2.24, 2.45) is 5.73 Å². The van der Waals surface area contributed by atoms with E-state index < -0.39 is 0 Å². The van der Waals surface area contributed by atoms with E-state index in [9.17, 15) is 4.39 Å². The number of nitrogens with zero attached hydrogens (tertiary/aromatic N) is 1. The average molecular weight is 229 g/mol. The summed E-state index contributed by atoms with van der Waals surface area (Å²) in [5.41, 5.74) is 6.77. The van der Waals surface area contributed by atoms with Crippen LogP contribution in [-0.4, -0.2) is 24.0 Å². The third-order valence-electron chi connectivity index (χ3n) is 2.72. The number of benzene rings is 1. The van der Waals surface area contributed by atoms with Crippen LogP contribution >= 0.6 is 11.6 Å². The first-order chi connectivity index (χ1) is 7.15. The number of rotatable bonds is 2. The van der Waals surface area contributed by atoms with Gasteiger partial charge in [-0.3, -0.25) is 4.90 Å². The molecule has 2 N–H and O–H groups in total. The summed E-state index contributed by atoms with van der Waals surface area (Å²) in [6.45, 7) is 2.65. The summed E-state index contributed by atoms with van der Waals surface area (Å²) in [4.78, 5) is 2.24. The third-order valence-corrected chi connectivity index (χ3v) is 3.07. The Kier molecular flexibility index (Phi) is 3.24. The fourth-order valence-electron chi connectivity index (χ4n) is 1.90. The van der Waals surface area contributed by atoms with Gasteiger partial charge >= 0.3 is 0 Å². The van der Waals surface area contributed by atoms with E-state index in [0.717, 1.165) is 31.6 Å². The number of hydrogen-bond acceptors (Lipinski definition) is 2. The molecule has 1 aromatic rings. The molecule has 0 amide bonds. The number of nitrogens with two attached hydrogens (primary N) is 1. The van der Waals surface area contributed by atoms with E-state index in [4.69, 9.17) is 17.3 Å². The van der Waals surface area contributed by atoms with E-state index in [1.54, 1.807) is 6.07 Å². The van der Waals surface area contributed by atoms with Crippen LogP contribution in [0.5, 0.6) is 0 Å². The summed E-state index contributed by atoms with van der Waals surface area (Å²) in [5, 5.41) is 0.496. The van der Waals surface area contributed by atoms with Crippen molar-refractivity contribution in [3.8, 4) is 0 Å². The lowest BCUT2D eigenvalue weighted by Gasteiger charge is -2.15. The average Bonchev–Trinajstić information content (AvgIpc) is 2.56. The second kappa shape index (κ2) is 4.47. The zero-order chi connectivity index (χ0) is 10.8. The van der Waals surface area contributed by atoms with E-state index in [1.165, 1.54) is 12.1 Å². The van der Waals surface area contributed by atoms with Crippen LogP contribution < -0.4 is 5.73 Å². The molecular formula is C11H14ClFN2. The Balaban J connectivity index is 2.04. The number of likely N-dealkylation sites (tertiary alicyclic amines) is 1. The SMILES string of the molecule is NC1CCN(Cc2ccc(F)cc2Cl)C1. The van der Waals surface area contributed by atoms with Gasteiger partial charge in [0.05, 0.1) is 0 Å². The summed E-state index contributed by atoms with van der Waals surface area (Å²) >= 11 is 5.95. The van der Waals surface area contributed by atoms with Crippen molar-refractivity contribution in [1.82, 2.24) is 4.90 Å². The predicted molar refractivity (Wildman–Crippen MR) is 59.3 cm³/mol. The predicted octanol–water partition coefficient (Wildman–Crippen LogP) is 2.01. The van der Waals surface area contributed by atoms with Crippen molar-refractivity contribution in [1.29, 1.82) is 0 Å². The van der Waals surface area contributed by atoms with E-state index >= 15 is 0 Å². The second-order valence-corrected chi connectivity index (χ2v) is 4.43. The maximum atomic E-state index is 12.8. The van der Waals surface area contributed by atoms with Gasteiger partial charge < -0.3 is 5.73 Å². The molecule has 15 heavy (non-hydrogen) atoms. The van der Waals surface area contributed by atoms with Gasteiger partial charge in [0.15, 0.2) is 0 Å². The lowest BCUT2D eigenvalue weighted by atomic mass is 10.2. The maximum absolute atomic E-state index is 12.8. The molecule has 1 aliphatic heterocycles. The standard InChI is InChI=1S/C11H14ClFN2/c12-11-5-9(13)2-1-8(11)6-15-4-3-10(14)7-15/h1-2,5,10H,3-4,6-7,14H2. The van der Waals surface area contributed by atoms with Crippen LogP contribution in [-0.2, 0) is 6.54 Å². The van der Waals surface area contributed by atoms with Crippen LogP contribution in [0.25, 0.3) is 0 Å². The Morgan fingerprint density at radius 1 is 1.53 bits per heavy atom. The number of halogens is 2. The Morgan fingerprint density at radius 2 is 2.33 bits per heavy atom. The molecule has 1 atom stereocenters. The number of hydrogen-bond donors (Lipinski definition) is 1. The zero-order valence-electron chi connectivity index (χ0n) is 8.42. The van der Waals surface area contributed by atoms with Gasteiger partial charge in [-0.05, 0) is 24.1 Å². The molecule has 0 aromatic heterocycles. The van der Waals surface area contributed by atoms with Crippen LogP contribution in [0.3, 0.4) is 0 Å². The van der Waals surface area contributed by atoms with Crippen molar-refractivity contribution in [2.75, 3.05) is 13.1 Å². The molecule has 1 aromatic carbocycles. The topological polar surface area (TPSA) is 29.3 Å². The molecule has 1 aliphatic rings. The first-order valence-corrected chi connectivity index (χ1v) is 5.45. The van der Waals surface area contributed by atoms with Crippen molar-refractivity contribution in [2.45, 2.75) is 19.0 Å². The molecule has 1 fully saturated rings. The fourth-order valence-corrected chi connectivity index (χ4v) is 2.12. The first-order valence-electron chi connectivity index (χ1n) is 5.07. The van der Waals surface area contributed by atoms with Crippen molar-refractivity contribution >= 4 is 11.6 Å². The molecule has 1 unspecified atom stereocenters.